The van der Waals surface area contributed by atoms with Crippen LogP contribution in [0.15, 0.2) is 18.2 Å². The predicted octanol–water partition coefficient (Wildman–Crippen LogP) is 2.98. The van der Waals surface area contributed by atoms with Gasteiger partial charge in [-0.15, -0.1) is 0 Å². The van der Waals surface area contributed by atoms with Crippen LogP contribution >= 0.6 is 11.6 Å². The molecule has 28 heavy (non-hydrogen) atoms. The molecule has 0 amide bonds. The predicted molar refractivity (Wildman–Crippen MR) is 108 cm³/mol. The molecule has 0 N–H and O–H groups in total. The lowest BCUT2D eigenvalue weighted by atomic mass is 10.1. The first-order valence-electron chi connectivity index (χ1n) is 9.43. The van der Waals surface area contributed by atoms with Crippen LogP contribution in [0.4, 0.5) is 5.82 Å². The number of morpholine rings is 1. The average Bonchev–Trinajstić information content (AvgIpc) is 3.00. The van der Waals surface area contributed by atoms with Crippen LogP contribution in [0.25, 0.3) is 11.4 Å². The number of hydrogen-bond acceptors (Lipinski definition) is 7. The van der Waals surface area contributed by atoms with E-state index in [0.717, 1.165) is 17.1 Å². The molecular weight excluding hydrogens is 400 g/mol. The minimum atomic E-state index is -3.19. The van der Waals surface area contributed by atoms with Crippen molar-refractivity contribution in [3.05, 3.63) is 34.7 Å². The Kier molecular flexibility index (Phi) is 5.28. The molecule has 2 aromatic rings. The average molecular weight is 423 g/mol. The molecule has 7 nitrogen and oxygen atoms in total. The number of ether oxygens (including phenoxy) is 1. The fourth-order valence-corrected chi connectivity index (χ4v) is 5.96. The fourth-order valence-electron chi connectivity index (χ4n) is 3.84. The van der Waals surface area contributed by atoms with Crippen LogP contribution in [-0.2, 0) is 14.6 Å². The molecule has 2 saturated heterocycles. The lowest BCUT2D eigenvalue weighted by Crippen LogP contribution is -2.44. The summed E-state index contributed by atoms with van der Waals surface area (Å²) < 4.78 is 30.6. The van der Waals surface area contributed by atoms with Gasteiger partial charge in [0.25, 0.3) is 0 Å². The van der Waals surface area contributed by atoms with Crippen molar-refractivity contribution in [1.82, 2.24) is 15.0 Å². The van der Waals surface area contributed by atoms with Gasteiger partial charge in [0.05, 0.1) is 30.7 Å². The van der Waals surface area contributed by atoms with E-state index in [0.29, 0.717) is 49.3 Å². The number of sulfone groups is 1. The van der Waals surface area contributed by atoms with Crippen LogP contribution < -0.4 is 4.90 Å². The first kappa shape index (κ1) is 19.5. The summed E-state index contributed by atoms with van der Waals surface area (Å²) >= 11 is 6.13. The smallest absolute Gasteiger partial charge is 0.161 e. The highest BCUT2D eigenvalue weighted by Gasteiger charge is 2.35. The Morgan fingerprint density at radius 1 is 1.21 bits per heavy atom. The maximum absolute atomic E-state index is 12.5. The summed E-state index contributed by atoms with van der Waals surface area (Å²) in [7, 11) is -3.19. The summed E-state index contributed by atoms with van der Waals surface area (Å²) in [5, 5.41) is -0.221. The van der Waals surface area contributed by atoms with Crippen molar-refractivity contribution in [2.24, 2.45) is 0 Å². The Balaban J connectivity index is 1.85. The van der Waals surface area contributed by atoms with Gasteiger partial charge >= 0.3 is 0 Å². The summed E-state index contributed by atoms with van der Waals surface area (Å²) in [5.41, 5.74) is 2.05. The standard InChI is InChI=1S/C19H23ClN4O3S/c1-12-8-14(9-17(20)21-12)19-22-15(16-4-3-7-28(16,25)26)10-18(23-19)24-5-6-27-11-13(24)2/h8-10,13,16H,3-7,11H2,1-2H3/t13-,16?/m1/s1. The molecule has 4 rings (SSSR count). The van der Waals surface area contributed by atoms with E-state index in [2.05, 4.69) is 21.8 Å². The Morgan fingerprint density at radius 2 is 2.04 bits per heavy atom. The van der Waals surface area contributed by atoms with Crippen LogP contribution in [0.1, 0.15) is 36.4 Å². The highest BCUT2D eigenvalue weighted by molar-refractivity contribution is 7.91. The van der Waals surface area contributed by atoms with Crippen LogP contribution in [0, 0.1) is 6.92 Å². The van der Waals surface area contributed by atoms with Crippen molar-refractivity contribution in [3.63, 3.8) is 0 Å². The van der Waals surface area contributed by atoms with Crippen molar-refractivity contribution in [1.29, 1.82) is 0 Å². The van der Waals surface area contributed by atoms with E-state index in [1.165, 1.54) is 0 Å². The molecule has 0 aromatic carbocycles. The molecule has 1 unspecified atom stereocenters. The molecule has 0 aliphatic carbocycles. The van der Waals surface area contributed by atoms with E-state index >= 15 is 0 Å². The van der Waals surface area contributed by atoms with Crippen molar-refractivity contribution >= 4 is 27.3 Å². The maximum Gasteiger partial charge on any atom is 0.161 e. The summed E-state index contributed by atoms with van der Waals surface area (Å²) in [5.74, 6) is 1.41. The lowest BCUT2D eigenvalue weighted by molar-refractivity contribution is 0.0985. The largest absolute Gasteiger partial charge is 0.377 e. The van der Waals surface area contributed by atoms with E-state index < -0.39 is 15.1 Å². The Hall–Kier alpha value is -1.77. The second kappa shape index (κ2) is 7.57. The molecule has 150 valence electrons. The number of anilines is 1. The molecule has 2 aromatic heterocycles. The van der Waals surface area contributed by atoms with Crippen LogP contribution in [0.3, 0.4) is 0 Å². The van der Waals surface area contributed by atoms with Crippen molar-refractivity contribution in [2.75, 3.05) is 30.4 Å². The molecule has 4 heterocycles. The number of pyridine rings is 1. The van der Waals surface area contributed by atoms with Gasteiger partial charge in [-0.05, 0) is 38.8 Å². The number of halogens is 1. The topological polar surface area (TPSA) is 85.3 Å². The van der Waals surface area contributed by atoms with Gasteiger partial charge in [0.15, 0.2) is 15.7 Å². The van der Waals surface area contributed by atoms with Gasteiger partial charge in [-0.1, -0.05) is 11.6 Å². The third-order valence-electron chi connectivity index (χ3n) is 5.23. The maximum atomic E-state index is 12.5. The zero-order chi connectivity index (χ0) is 19.9. The lowest BCUT2D eigenvalue weighted by Gasteiger charge is -2.34. The molecule has 0 radical (unpaired) electrons. The molecule has 2 aliphatic heterocycles. The van der Waals surface area contributed by atoms with Crippen molar-refractivity contribution in [3.8, 4) is 11.4 Å². The number of nitrogens with zero attached hydrogens (tertiary/aromatic N) is 4. The third-order valence-corrected chi connectivity index (χ3v) is 7.63. The zero-order valence-corrected chi connectivity index (χ0v) is 17.5. The normalized spacial score (nSPS) is 24.5. The third kappa shape index (κ3) is 3.86. The first-order valence-corrected chi connectivity index (χ1v) is 11.5. The molecule has 0 bridgehead atoms. The van der Waals surface area contributed by atoms with Gasteiger partial charge in [-0.25, -0.2) is 23.4 Å². The molecule has 2 aliphatic rings. The summed E-state index contributed by atoms with van der Waals surface area (Å²) in [4.78, 5) is 15.7. The van der Waals surface area contributed by atoms with E-state index in [1.54, 1.807) is 6.07 Å². The van der Waals surface area contributed by atoms with E-state index in [1.807, 2.05) is 19.1 Å². The van der Waals surface area contributed by atoms with Gasteiger partial charge in [0.2, 0.25) is 0 Å². The SMILES string of the molecule is Cc1cc(-c2nc(C3CCCS3(=O)=O)cc(N3CCOC[C@H]3C)n2)cc(Cl)n1. The monoisotopic (exact) mass is 422 g/mol. The Labute approximate surface area is 170 Å². The van der Waals surface area contributed by atoms with Crippen LogP contribution in [0.5, 0.6) is 0 Å². The molecule has 2 fully saturated rings. The number of aryl methyl sites for hydroxylation is 1. The number of hydrogen-bond donors (Lipinski definition) is 0. The molecule has 2 atom stereocenters. The van der Waals surface area contributed by atoms with E-state index in [9.17, 15) is 8.42 Å². The van der Waals surface area contributed by atoms with Gasteiger partial charge in [-0.3, -0.25) is 0 Å². The van der Waals surface area contributed by atoms with Crippen molar-refractivity contribution in [2.45, 2.75) is 38.0 Å². The molecule has 0 saturated carbocycles. The first-order chi connectivity index (χ1) is 13.3. The van der Waals surface area contributed by atoms with Crippen LogP contribution in [-0.4, -0.2) is 54.9 Å². The number of aromatic nitrogens is 3. The summed E-state index contributed by atoms with van der Waals surface area (Å²) in [6.45, 7) is 5.84. The Morgan fingerprint density at radius 3 is 2.71 bits per heavy atom. The van der Waals surface area contributed by atoms with Gasteiger partial charge in [-0.2, -0.15) is 0 Å². The zero-order valence-electron chi connectivity index (χ0n) is 15.9. The number of rotatable bonds is 3. The highest BCUT2D eigenvalue weighted by atomic mass is 35.5. The summed E-state index contributed by atoms with van der Waals surface area (Å²) in [6.07, 6.45) is 1.25. The highest BCUT2D eigenvalue weighted by Crippen LogP contribution is 2.36. The van der Waals surface area contributed by atoms with Gasteiger partial charge in [0.1, 0.15) is 16.2 Å². The fraction of sp³-hybridized carbons (Fsp3) is 0.526. The molecule has 0 spiro atoms. The van der Waals surface area contributed by atoms with Crippen molar-refractivity contribution < 1.29 is 13.2 Å². The van der Waals surface area contributed by atoms with Gasteiger partial charge < -0.3 is 9.64 Å². The van der Waals surface area contributed by atoms with E-state index in [-0.39, 0.29) is 11.8 Å². The molecular formula is C19H23ClN4O3S. The summed E-state index contributed by atoms with van der Waals surface area (Å²) in [6, 6.07) is 5.55. The van der Waals surface area contributed by atoms with Gasteiger partial charge in [0, 0.05) is 23.9 Å². The van der Waals surface area contributed by atoms with Crippen LogP contribution in [0.2, 0.25) is 5.15 Å². The second-order valence-corrected chi connectivity index (χ2v) is 10.1. The second-order valence-electron chi connectivity index (χ2n) is 7.41. The Bertz CT molecular complexity index is 978. The minimum Gasteiger partial charge on any atom is -0.377 e. The quantitative estimate of drug-likeness (QED) is 0.703. The minimum absolute atomic E-state index is 0.146. The van der Waals surface area contributed by atoms with E-state index in [4.69, 9.17) is 21.3 Å². The molecule has 9 heteroatoms.